The summed E-state index contributed by atoms with van der Waals surface area (Å²) in [6.45, 7) is 3.68. The largest absolute Gasteiger partial charge is 0.465 e. The highest BCUT2D eigenvalue weighted by molar-refractivity contribution is 9.10. The van der Waals surface area contributed by atoms with E-state index < -0.39 is 5.97 Å². The normalized spacial score (nSPS) is 10.6. The third kappa shape index (κ3) is 5.73. The number of aromatic nitrogens is 2. The van der Waals surface area contributed by atoms with Gasteiger partial charge in [0, 0.05) is 34.4 Å². The molecule has 0 amide bonds. The summed E-state index contributed by atoms with van der Waals surface area (Å²) in [5.74, 6) is 0.0105. The maximum atomic E-state index is 11.6. The molecular formula is C22H22BrN3O3S. The Morgan fingerprint density at radius 2 is 1.97 bits per heavy atom. The standard InChI is InChI=1S/C22H22BrN3O3S/c1-3-16-4-6-18(7-5-16)26(22-24-9-11-30-22)20-13-17(19(23)14-25-20)8-10-29-21(28)12-15(2)27/h4-7,9,11,13-14H,3,8,10,12H2,1-2H3. The Labute approximate surface area is 188 Å². The summed E-state index contributed by atoms with van der Waals surface area (Å²) in [7, 11) is 0. The summed E-state index contributed by atoms with van der Waals surface area (Å²) in [4.78, 5) is 33.7. The van der Waals surface area contributed by atoms with E-state index in [-0.39, 0.29) is 18.8 Å². The van der Waals surface area contributed by atoms with E-state index in [0.29, 0.717) is 6.42 Å². The van der Waals surface area contributed by atoms with E-state index in [4.69, 9.17) is 4.74 Å². The Morgan fingerprint density at radius 1 is 1.20 bits per heavy atom. The number of hydrogen-bond acceptors (Lipinski definition) is 7. The Bertz CT molecular complexity index is 1010. The van der Waals surface area contributed by atoms with Crippen LogP contribution in [0.15, 0.2) is 52.6 Å². The second-order valence-corrected chi connectivity index (χ2v) is 8.38. The van der Waals surface area contributed by atoms with Crippen molar-refractivity contribution in [1.29, 1.82) is 0 Å². The van der Waals surface area contributed by atoms with Gasteiger partial charge in [-0.05, 0) is 58.6 Å². The first-order chi connectivity index (χ1) is 14.5. The molecule has 2 heterocycles. The van der Waals surface area contributed by atoms with Crippen molar-refractivity contribution >= 4 is 55.7 Å². The van der Waals surface area contributed by atoms with Crippen LogP contribution in [-0.4, -0.2) is 28.3 Å². The molecule has 0 radical (unpaired) electrons. The van der Waals surface area contributed by atoms with Crippen molar-refractivity contribution in [2.24, 2.45) is 0 Å². The van der Waals surface area contributed by atoms with Crippen molar-refractivity contribution < 1.29 is 14.3 Å². The van der Waals surface area contributed by atoms with Crippen molar-refractivity contribution in [3.05, 3.63) is 63.7 Å². The fourth-order valence-electron chi connectivity index (χ4n) is 2.86. The first-order valence-corrected chi connectivity index (χ1v) is 11.2. The smallest absolute Gasteiger partial charge is 0.313 e. The molecule has 0 unspecified atom stereocenters. The van der Waals surface area contributed by atoms with Gasteiger partial charge in [0.2, 0.25) is 0 Å². The van der Waals surface area contributed by atoms with E-state index >= 15 is 0 Å². The minimum absolute atomic E-state index is 0.191. The molecule has 8 heteroatoms. The molecule has 0 spiro atoms. The summed E-state index contributed by atoms with van der Waals surface area (Å²) >= 11 is 5.05. The second-order valence-electron chi connectivity index (χ2n) is 6.65. The van der Waals surface area contributed by atoms with Gasteiger partial charge in [-0.1, -0.05) is 19.1 Å². The third-order valence-electron chi connectivity index (χ3n) is 4.39. The number of carbonyl (C=O) groups is 2. The van der Waals surface area contributed by atoms with E-state index in [9.17, 15) is 9.59 Å². The van der Waals surface area contributed by atoms with Crippen LogP contribution in [-0.2, 0) is 27.2 Å². The summed E-state index contributed by atoms with van der Waals surface area (Å²) < 4.78 is 6.00. The molecule has 0 bridgehead atoms. The van der Waals surface area contributed by atoms with Crippen LogP contribution >= 0.6 is 27.3 Å². The minimum Gasteiger partial charge on any atom is -0.465 e. The van der Waals surface area contributed by atoms with E-state index in [1.54, 1.807) is 12.4 Å². The van der Waals surface area contributed by atoms with Crippen LogP contribution in [0.3, 0.4) is 0 Å². The zero-order chi connectivity index (χ0) is 21.5. The van der Waals surface area contributed by atoms with E-state index in [0.717, 1.165) is 33.1 Å². The van der Waals surface area contributed by atoms with Crippen molar-refractivity contribution in [1.82, 2.24) is 9.97 Å². The Kier molecular flexibility index (Phi) is 7.70. The summed E-state index contributed by atoms with van der Waals surface area (Å²) in [6, 6.07) is 10.3. The summed E-state index contributed by atoms with van der Waals surface area (Å²) in [5, 5.41) is 2.74. The number of pyridine rings is 1. The predicted molar refractivity (Wildman–Crippen MR) is 122 cm³/mol. The number of carbonyl (C=O) groups excluding carboxylic acids is 2. The Hall–Kier alpha value is -2.58. The lowest BCUT2D eigenvalue weighted by Crippen LogP contribution is -2.13. The molecule has 0 aliphatic heterocycles. The SMILES string of the molecule is CCc1ccc(N(c2cc(CCOC(=O)CC(C)=O)c(Br)cn2)c2nccs2)cc1. The molecule has 156 valence electrons. The molecule has 3 aromatic rings. The fourth-order valence-corrected chi connectivity index (χ4v) is 3.94. The maximum absolute atomic E-state index is 11.6. The number of hydrogen-bond donors (Lipinski definition) is 0. The lowest BCUT2D eigenvalue weighted by atomic mass is 10.1. The lowest BCUT2D eigenvalue weighted by molar-refractivity contribution is -0.145. The molecule has 0 aliphatic rings. The van der Waals surface area contributed by atoms with Gasteiger partial charge >= 0.3 is 5.97 Å². The van der Waals surface area contributed by atoms with Gasteiger partial charge in [0.05, 0.1) is 6.61 Å². The molecule has 0 aliphatic carbocycles. The van der Waals surface area contributed by atoms with Gasteiger partial charge in [0.1, 0.15) is 18.0 Å². The number of rotatable bonds is 9. The molecule has 3 rings (SSSR count). The third-order valence-corrected chi connectivity index (χ3v) is 5.86. The highest BCUT2D eigenvalue weighted by atomic mass is 79.9. The minimum atomic E-state index is -0.506. The number of aryl methyl sites for hydroxylation is 1. The van der Waals surface area contributed by atoms with Gasteiger partial charge < -0.3 is 4.74 Å². The van der Waals surface area contributed by atoms with E-state index in [1.165, 1.54) is 23.8 Å². The second kappa shape index (κ2) is 10.4. The number of anilines is 3. The summed E-state index contributed by atoms with van der Waals surface area (Å²) in [6.07, 6.45) is 4.78. The van der Waals surface area contributed by atoms with Gasteiger partial charge in [-0.15, -0.1) is 11.3 Å². The van der Waals surface area contributed by atoms with E-state index in [2.05, 4.69) is 57.1 Å². The van der Waals surface area contributed by atoms with Crippen LogP contribution in [0.5, 0.6) is 0 Å². The van der Waals surface area contributed by atoms with Crippen LogP contribution in [0.2, 0.25) is 0 Å². The molecule has 0 atom stereocenters. The van der Waals surface area contributed by atoms with Crippen molar-refractivity contribution in [3.8, 4) is 0 Å². The topological polar surface area (TPSA) is 72.4 Å². The zero-order valence-electron chi connectivity index (χ0n) is 16.8. The number of nitrogens with zero attached hydrogens (tertiary/aromatic N) is 3. The molecule has 0 saturated carbocycles. The molecule has 2 aromatic heterocycles. The highest BCUT2D eigenvalue weighted by Crippen LogP contribution is 2.35. The summed E-state index contributed by atoms with van der Waals surface area (Å²) in [5.41, 5.74) is 3.17. The maximum Gasteiger partial charge on any atom is 0.313 e. The molecule has 0 N–H and O–H groups in total. The lowest BCUT2D eigenvalue weighted by Gasteiger charge is -2.22. The van der Waals surface area contributed by atoms with Gasteiger partial charge in [0.15, 0.2) is 5.13 Å². The van der Waals surface area contributed by atoms with Crippen LogP contribution in [0.4, 0.5) is 16.6 Å². The molecule has 1 aromatic carbocycles. The average molecular weight is 488 g/mol. The van der Waals surface area contributed by atoms with Crippen LogP contribution in [0.1, 0.15) is 31.4 Å². The number of halogens is 1. The number of benzene rings is 1. The Balaban J connectivity index is 1.84. The number of ketones is 1. The van der Waals surface area contributed by atoms with Crippen LogP contribution in [0.25, 0.3) is 0 Å². The van der Waals surface area contributed by atoms with Crippen molar-refractivity contribution in [3.63, 3.8) is 0 Å². The predicted octanol–water partition coefficient (Wildman–Crippen LogP) is 5.40. The molecule has 0 saturated heterocycles. The van der Waals surface area contributed by atoms with Gasteiger partial charge in [-0.25, -0.2) is 9.97 Å². The van der Waals surface area contributed by atoms with Gasteiger partial charge in [-0.3, -0.25) is 14.5 Å². The monoisotopic (exact) mass is 487 g/mol. The quantitative estimate of drug-likeness (QED) is 0.297. The zero-order valence-corrected chi connectivity index (χ0v) is 19.2. The van der Waals surface area contributed by atoms with Gasteiger partial charge in [-0.2, -0.15) is 0 Å². The molecule has 30 heavy (non-hydrogen) atoms. The molecular weight excluding hydrogens is 466 g/mol. The van der Waals surface area contributed by atoms with Crippen LogP contribution in [0, 0.1) is 0 Å². The number of esters is 1. The highest BCUT2D eigenvalue weighted by Gasteiger charge is 2.17. The van der Waals surface area contributed by atoms with Gasteiger partial charge in [0.25, 0.3) is 0 Å². The molecule has 0 fully saturated rings. The first-order valence-electron chi connectivity index (χ1n) is 9.56. The number of Topliss-reactive ketones (excluding diaryl/α,β-unsaturated/α-hetero) is 1. The Morgan fingerprint density at radius 3 is 2.60 bits per heavy atom. The number of thiazole rings is 1. The molecule has 6 nitrogen and oxygen atoms in total. The van der Waals surface area contributed by atoms with Crippen molar-refractivity contribution in [2.75, 3.05) is 11.5 Å². The average Bonchev–Trinajstić information content (AvgIpc) is 3.24. The number of ether oxygens (including phenoxy) is 1. The van der Waals surface area contributed by atoms with E-state index in [1.807, 2.05) is 16.3 Å². The van der Waals surface area contributed by atoms with Crippen molar-refractivity contribution in [2.45, 2.75) is 33.1 Å². The van der Waals surface area contributed by atoms with Crippen LogP contribution < -0.4 is 4.90 Å². The fraction of sp³-hybridized carbons (Fsp3) is 0.273. The first kappa shape index (κ1) is 22.1.